The number of anilines is 1. The van der Waals surface area contributed by atoms with Gasteiger partial charge < -0.3 is 15.0 Å². The Labute approximate surface area is 204 Å². The number of thioether (sulfide) groups is 1. The summed E-state index contributed by atoms with van der Waals surface area (Å²) in [6.45, 7) is 5.58. The van der Waals surface area contributed by atoms with Gasteiger partial charge in [0.25, 0.3) is 5.91 Å². The molecule has 0 radical (unpaired) electrons. The highest BCUT2D eigenvalue weighted by molar-refractivity contribution is 7.99. The molecule has 2 saturated heterocycles. The average Bonchev–Trinajstić information content (AvgIpc) is 3.31. The molecular weight excluding hydrogens is 458 g/mol. The largest absolute Gasteiger partial charge is 0.496 e. The van der Waals surface area contributed by atoms with Crippen LogP contribution in [0.2, 0.25) is 5.02 Å². The van der Waals surface area contributed by atoms with Crippen molar-refractivity contribution in [3.8, 4) is 5.75 Å². The lowest BCUT2D eigenvalue weighted by Crippen LogP contribution is -2.43. The molecule has 4 rings (SSSR count). The molecule has 2 aliphatic rings. The van der Waals surface area contributed by atoms with Crippen molar-refractivity contribution in [3.63, 3.8) is 0 Å². The number of aryl methyl sites for hydroxylation is 1. The lowest BCUT2D eigenvalue weighted by Gasteiger charge is -2.27. The number of hydrogen-bond acceptors (Lipinski definition) is 5. The lowest BCUT2D eigenvalue weighted by molar-refractivity contribution is -0.119. The Bertz CT molecular complexity index is 1030. The third-order valence-electron chi connectivity index (χ3n) is 6.28. The summed E-state index contributed by atoms with van der Waals surface area (Å²) in [5, 5.41) is 3.55. The first-order valence-electron chi connectivity index (χ1n) is 11.3. The van der Waals surface area contributed by atoms with Gasteiger partial charge in [-0.05, 0) is 55.2 Å². The Morgan fingerprint density at radius 1 is 1.15 bits per heavy atom. The fourth-order valence-corrected chi connectivity index (χ4v) is 5.57. The van der Waals surface area contributed by atoms with Gasteiger partial charge in [-0.3, -0.25) is 14.5 Å². The SMILES string of the molecule is COc1ccc(Cl)cc1C(=O)N1CCCC1C(=O)Nc1cc(CN2CCSCC2)ccc1C. The van der Waals surface area contributed by atoms with E-state index in [0.29, 0.717) is 29.3 Å². The number of rotatable bonds is 6. The molecule has 0 spiro atoms. The molecule has 0 aromatic heterocycles. The number of hydrogen-bond donors (Lipinski definition) is 1. The molecule has 0 saturated carbocycles. The predicted octanol–water partition coefficient (Wildman–Crippen LogP) is 4.45. The van der Waals surface area contributed by atoms with Crippen LogP contribution in [0.3, 0.4) is 0 Å². The van der Waals surface area contributed by atoms with E-state index in [1.165, 1.54) is 24.2 Å². The van der Waals surface area contributed by atoms with Crippen LogP contribution in [-0.4, -0.2) is 65.9 Å². The molecule has 1 atom stereocenters. The van der Waals surface area contributed by atoms with Gasteiger partial charge in [0.2, 0.25) is 5.91 Å². The van der Waals surface area contributed by atoms with Gasteiger partial charge in [-0.1, -0.05) is 23.7 Å². The fraction of sp³-hybridized carbons (Fsp3) is 0.440. The van der Waals surface area contributed by atoms with Crippen molar-refractivity contribution >= 4 is 40.9 Å². The van der Waals surface area contributed by atoms with Crippen LogP contribution in [0.25, 0.3) is 0 Å². The Morgan fingerprint density at radius 3 is 2.70 bits per heavy atom. The fourth-order valence-electron chi connectivity index (χ4n) is 4.42. The zero-order valence-corrected chi connectivity index (χ0v) is 20.7. The molecular formula is C25H30ClN3O3S. The maximum atomic E-state index is 13.3. The minimum absolute atomic E-state index is 0.156. The molecule has 2 aliphatic heterocycles. The highest BCUT2D eigenvalue weighted by Crippen LogP contribution is 2.29. The van der Waals surface area contributed by atoms with Gasteiger partial charge in [0, 0.05) is 48.4 Å². The van der Waals surface area contributed by atoms with E-state index in [4.69, 9.17) is 16.3 Å². The first kappa shape index (κ1) is 23.9. The molecule has 2 heterocycles. The van der Waals surface area contributed by atoms with Gasteiger partial charge in [-0.2, -0.15) is 11.8 Å². The van der Waals surface area contributed by atoms with Gasteiger partial charge in [-0.15, -0.1) is 0 Å². The maximum absolute atomic E-state index is 13.3. The van der Waals surface area contributed by atoms with E-state index in [1.807, 2.05) is 18.7 Å². The molecule has 33 heavy (non-hydrogen) atoms. The lowest BCUT2D eigenvalue weighted by atomic mass is 10.1. The van der Waals surface area contributed by atoms with E-state index < -0.39 is 6.04 Å². The number of halogens is 1. The molecule has 0 aliphatic carbocycles. The highest BCUT2D eigenvalue weighted by Gasteiger charge is 2.35. The minimum atomic E-state index is -0.525. The number of benzene rings is 2. The van der Waals surface area contributed by atoms with Crippen LogP contribution in [-0.2, 0) is 11.3 Å². The van der Waals surface area contributed by atoms with Gasteiger partial charge >= 0.3 is 0 Å². The van der Waals surface area contributed by atoms with E-state index in [9.17, 15) is 9.59 Å². The number of amides is 2. The summed E-state index contributed by atoms with van der Waals surface area (Å²) in [6, 6.07) is 10.7. The number of ether oxygens (including phenoxy) is 1. The first-order valence-corrected chi connectivity index (χ1v) is 12.8. The van der Waals surface area contributed by atoms with Crippen molar-refractivity contribution in [2.45, 2.75) is 32.4 Å². The monoisotopic (exact) mass is 487 g/mol. The Balaban J connectivity index is 1.48. The average molecular weight is 488 g/mol. The van der Waals surface area contributed by atoms with E-state index in [-0.39, 0.29) is 11.8 Å². The Morgan fingerprint density at radius 2 is 1.94 bits per heavy atom. The summed E-state index contributed by atoms with van der Waals surface area (Å²) in [7, 11) is 1.52. The van der Waals surface area contributed by atoms with Gasteiger partial charge in [0.05, 0.1) is 12.7 Å². The second-order valence-electron chi connectivity index (χ2n) is 8.53. The van der Waals surface area contributed by atoms with Crippen LogP contribution in [0, 0.1) is 6.92 Å². The quantitative estimate of drug-likeness (QED) is 0.652. The van der Waals surface area contributed by atoms with Crippen molar-refractivity contribution in [3.05, 3.63) is 58.1 Å². The molecule has 2 fully saturated rings. The standard InChI is InChI=1S/C25H30ClN3O3S/c1-17-5-6-18(16-28-10-12-33-13-11-28)14-21(17)27-24(30)22-4-3-9-29(22)25(31)20-15-19(26)7-8-23(20)32-2/h5-8,14-15,22H,3-4,9-13,16H2,1-2H3,(H,27,30). The molecule has 176 valence electrons. The number of carbonyl (C=O) groups is 2. The van der Waals surface area contributed by atoms with E-state index in [2.05, 4.69) is 28.4 Å². The highest BCUT2D eigenvalue weighted by atomic mass is 35.5. The smallest absolute Gasteiger partial charge is 0.258 e. The molecule has 2 aromatic carbocycles. The third kappa shape index (κ3) is 5.65. The molecule has 0 bridgehead atoms. The van der Waals surface area contributed by atoms with Crippen LogP contribution in [0.15, 0.2) is 36.4 Å². The molecule has 2 amide bonds. The van der Waals surface area contributed by atoms with Crippen molar-refractivity contribution < 1.29 is 14.3 Å². The van der Waals surface area contributed by atoms with Crippen LogP contribution in [0.1, 0.15) is 34.3 Å². The van der Waals surface area contributed by atoms with E-state index in [1.54, 1.807) is 23.1 Å². The summed E-state index contributed by atoms with van der Waals surface area (Å²) in [4.78, 5) is 30.6. The summed E-state index contributed by atoms with van der Waals surface area (Å²) in [5.74, 6) is 2.39. The van der Waals surface area contributed by atoms with Crippen molar-refractivity contribution in [2.24, 2.45) is 0 Å². The van der Waals surface area contributed by atoms with Crippen LogP contribution in [0.4, 0.5) is 5.69 Å². The number of methoxy groups -OCH3 is 1. The predicted molar refractivity (Wildman–Crippen MR) is 134 cm³/mol. The zero-order valence-electron chi connectivity index (χ0n) is 19.1. The van der Waals surface area contributed by atoms with Crippen molar-refractivity contribution in [2.75, 3.05) is 43.6 Å². The normalized spacial score (nSPS) is 18.9. The molecule has 8 heteroatoms. The number of nitrogens with one attached hydrogen (secondary N) is 1. The first-order chi connectivity index (χ1) is 16.0. The van der Waals surface area contributed by atoms with E-state index in [0.717, 1.165) is 37.3 Å². The topological polar surface area (TPSA) is 61.9 Å². The van der Waals surface area contributed by atoms with Gasteiger partial charge in [-0.25, -0.2) is 0 Å². The Hall–Kier alpha value is -2.22. The molecule has 6 nitrogen and oxygen atoms in total. The maximum Gasteiger partial charge on any atom is 0.258 e. The minimum Gasteiger partial charge on any atom is -0.496 e. The second-order valence-corrected chi connectivity index (χ2v) is 10.2. The zero-order chi connectivity index (χ0) is 23.4. The number of carbonyl (C=O) groups excluding carboxylic acids is 2. The summed E-state index contributed by atoms with van der Waals surface area (Å²) >= 11 is 8.12. The second kappa shape index (κ2) is 10.8. The van der Waals surface area contributed by atoms with Crippen LogP contribution in [0.5, 0.6) is 5.75 Å². The van der Waals surface area contributed by atoms with Crippen LogP contribution < -0.4 is 10.1 Å². The van der Waals surface area contributed by atoms with Crippen LogP contribution >= 0.6 is 23.4 Å². The summed E-state index contributed by atoms with van der Waals surface area (Å²) in [5.41, 5.74) is 3.38. The number of nitrogens with zero attached hydrogens (tertiary/aromatic N) is 2. The van der Waals surface area contributed by atoms with Gasteiger partial charge in [0.1, 0.15) is 11.8 Å². The molecule has 2 aromatic rings. The van der Waals surface area contributed by atoms with Crippen molar-refractivity contribution in [1.29, 1.82) is 0 Å². The molecule has 1 N–H and O–H groups in total. The van der Waals surface area contributed by atoms with Crippen molar-refractivity contribution in [1.82, 2.24) is 9.80 Å². The summed E-state index contributed by atoms with van der Waals surface area (Å²) < 4.78 is 5.35. The number of likely N-dealkylation sites (tertiary alicyclic amines) is 1. The van der Waals surface area contributed by atoms with E-state index >= 15 is 0 Å². The Kier molecular flexibility index (Phi) is 7.83. The summed E-state index contributed by atoms with van der Waals surface area (Å²) in [6.07, 6.45) is 1.41. The van der Waals surface area contributed by atoms with Gasteiger partial charge in [0.15, 0.2) is 0 Å². The molecule has 1 unspecified atom stereocenters. The third-order valence-corrected chi connectivity index (χ3v) is 7.46.